The summed E-state index contributed by atoms with van der Waals surface area (Å²) in [4.78, 5) is 36.1. The number of benzene rings is 1. The standard InChI is InChI=1S/C18H18O6/c1-9(2)3-4-10(7-15(22)23)11-8-14(21)16-12(19)5-6-13(20)17(16)18(11)24/h3,5-6,8,10,19-20H,4,7H2,1-2H3,(H,22,23). The number of aromatic hydroxyl groups is 2. The molecule has 1 aliphatic rings. The number of carboxylic acids is 1. The summed E-state index contributed by atoms with van der Waals surface area (Å²) < 4.78 is 0. The van der Waals surface area contributed by atoms with E-state index in [0.717, 1.165) is 23.8 Å². The molecule has 0 saturated heterocycles. The highest BCUT2D eigenvalue weighted by Gasteiger charge is 2.34. The van der Waals surface area contributed by atoms with E-state index >= 15 is 0 Å². The Labute approximate surface area is 138 Å². The quantitative estimate of drug-likeness (QED) is 0.565. The fraction of sp³-hybridized carbons (Fsp3) is 0.278. The third kappa shape index (κ3) is 3.37. The number of fused-ring (bicyclic) bond motifs is 1. The smallest absolute Gasteiger partial charge is 0.303 e. The Bertz CT molecular complexity index is 781. The SMILES string of the molecule is CC(C)=CCC(CC(=O)O)C1=CC(=O)c2c(O)ccc(O)c2C1=O. The topological polar surface area (TPSA) is 112 Å². The normalized spacial score (nSPS) is 14.7. The lowest BCUT2D eigenvalue weighted by atomic mass is 9.80. The first kappa shape index (κ1) is 17.5. The number of phenolic OH excluding ortho intramolecular Hbond substituents is 2. The number of carbonyl (C=O) groups excluding carboxylic acids is 2. The summed E-state index contributed by atoms with van der Waals surface area (Å²) in [5, 5.41) is 28.8. The van der Waals surface area contributed by atoms with Gasteiger partial charge in [0, 0.05) is 11.5 Å². The minimum absolute atomic E-state index is 0.0355. The molecule has 0 heterocycles. The number of ketones is 2. The third-order valence-corrected chi connectivity index (χ3v) is 3.86. The van der Waals surface area contributed by atoms with Crippen molar-refractivity contribution >= 4 is 17.5 Å². The van der Waals surface area contributed by atoms with Crippen molar-refractivity contribution in [3.63, 3.8) is 0 Å². The zero-order valence-corrected chi connectivity index (χ0v) is 13.4. The molecule has 1 atom stereocenters. The van der Waals surface area contributed by atoms with Crippen molar-refractivity contribution in [2.24, 2.45) is 5.92 Å². The second kappa shape index (κ2) is 6.70. The van der Waals surface area contributed by atoms with E-state index in [1.54, 1.807) is 6.08 Å². The van der Waals surface area contributed by atoms with E-state index in [2.05, 4.69) is 0 Å². The number of hydrogen-bond donors (Lipinski definition) is 3. The van der Waals surface area contributed by atoms with Crippen LogP contribution >= 0.6 is 0 Å². The van der Waals surface area contributed by atoms with Gasteiger partial charge in [0.25, 0.3) is 0 Å². The van der Waals surface area contributed by atoms with Crippen LogP contribution in [0.1, 0.15) is 47.4 Å². The van der Waals surface area contributed by atoms with Crippen molar-refractivity contribution in [1.29, 1.82) is 0 Å². The number of Topliss-reactive ketones (excluding diaryl/α,β-unsaturated/α-hetero) is 1. The molecule has 0 saturated carbocycles. The molecule has 6 nitrogen and oxygen atoms in total. The van der Waals surface area contributed by atoms with Gasteiger partial charge in [0.15, 0.2) is 11.6 Å². The van der Waals surface area contributed by atoms with Gasteiger partial charge in [-0.3, -0.25) is 14.4 Å². The van der Waals surface area contributed by atoms with Crippen LogP contribution in [0.15, 0.2) is 35.4 Å². The molecule has 0 bridgehead atoms. The molecule has 24 heavy (non-hydrogen) atoms. The largest absolute Gasteiger partial charge is 0.507 e. The van der Waals surface area contributed by atoms with Crippen LogP contribution in [0.5, 0.6) is 11.5 Å². The Morgan fingerprint density at radius 3 is 2.25 bits per heavy atom. The summed E-state index contributed by atoms with van der Waals surface area (Å²) in [6, 6.07) is 2.26. The molecular weight excluding hydrogens is 312 g/mol. The van der Waals surface area contributed by atoms with Crippen LogP contribution in [0, 0.1) is 5.92 Å². The van der Waals surface area contributed by atoms with Gasteiger partial charge in [0.05, 0.1) is 17.5 Å². The lowest BCUT2D eigenvalue weighted by Gasteiger charge is -2.22. The van der Waals surface area contributed by atoms with Crippen molar-refractivity contribution in [3.8, 4) is 11.5 Å². The monoisotopic (exact) mass is 330 g/mol. The Hall–Kier alpha value is -2.89. The van der Waals surface area contributed by atoms with Gasteiger partial charge < -0.3 is 15.3 Å². The Kier molecular flexibility index (Phi) is 4.87. The number of phenols is 2. The van der Waals surface area contributed by atoms with Crippen LogP contribution in [0.4, 0.5) is 0 Å². The maximum atomic E-state index is 12.7. The number of rotatable bonds is 5. The summed E-state index contributed by atoms with van der Waals surface area (Å²) >= 11 is 0. The van der Waals surface area contributed by atoms with Gasteiger partial charge in [-0.2, -0.15) is 0 Å². The van der Waals surface area contributed by atoms with Crippen molar-refractivity contribution in [1.82, 2.24) is 0 Å². The first-order chi connectivity index (χ1) is 11.2. The third-order valence-electron chi connectivity index (χ3n) is 3.86. The summed E-state index contributed by atoms with van der Waals surface area (Å²) in [5.74, 6) is -3.84. The molecule has 126 valence electrons. The molecule has 1 unspecified atom stereocenters. The maximum Gasteiger partial charge on any atom is 0.303 e. The van der Waals surface area contributed by atoms with E-state index in [-0.39, 0.29) is 29.5 Å². The van der Waals surface area contributed by atoms with Crippen LogP contribution < -0.4 is 0 Å². The van der Waals surface area contributed by atoms with E-state index in [9.17, 15) is 24.6 Å². The summed E-state index contributed by atoms with van der Waals surface area (Å²) in [7, 11) is 0. The van der Waals surface area contributed by atoms with Crippen LogP contribution in [-0.2, 0) is 4.79 Å². The molecule has 0 fully saturated rings. The van der Waals surface area contributed by atoms with Gasteiger partial charge in [-0.25, -0.2) is 0 Å². The number of carboxylic acid groups (broad SMARTS) is 1. The molecule has 0 spiro atoms. The molecule has 0 aliphatic heterocycles. The fourth-order valence-corrected chi connectivity index (χ4v) is 2.70. The second-order valence-corrected chi connectivity index (χ2v) is 5.96. The predicted molar refractivity (Wildman–Crippen MR) is 86.3 cm³/mol. The summed E-state index contributed by atoms with van der Waals surface area (Å²) in [6.07, 6.45) is 2.83. The molecule has 6 heteroatoms. The molecule has 3 N–H and O–H groups in total. The highest BCUT2D eigenvalue weighted by atomic mass is 16.4. The highest BCUT2D eigenvalue weighted by Crippen LogP contribution is 2.37. The van der Waals surface area contributed by atoms with Crippen LogP contribution in [-0.4, -0.2) is 32.9 Å². The van der Waals surface area contributed by atoms with Gasteiger partial charge in [0.2, 0.25) is 0 Å². The fourth-order valence-electron chi connectivity index (χ4n) is 2.70. The maximum absolute atomic E-state index is 12.7. The second-order valence-electron chi connectivity index (χ2n) is 5.96. The van der Waals surface area contributed by atoms with E-state index in [1.807, 2.05) is 13.8 Å². The van der Waals surface area contributed by atoms with Gasteiger partial charge in [-0.1, -0.05) is 11.6 Å². The van der Waals surface area contributed by atoms with Crippen molar-refractivity contribution in [2.75, 3.05) is 0 Å². The number of hydrogen-bond acceptors (Lipinski definition) is 5. The predicted octanol–water partition coefficient (Wildman–Crippen LogP) is 2.85. The van der Waals surface area contributed by atoms with Crippen LogP contribution in [0.25, 0.3) is 0 Å². The molecule has 1 aromatic rings. The Balaban J connectivity index is 2.51. The van der Waals surface area contributed by atoms with Gasteiger partial charge >= 0.3 is 5.97 Å². The Morgan fingerprint density at radius 1 is 1.12 bits per heavy atom. The average molecular weight is 330 g/mol. The zero-order chi connectivity index (χ0) is 18.0. The van der Waals surface area contributed by atoms with E-state index in [1.165, 1.54) is 0 Å². The van der Waals surface area contributed by atoms with Crippen molar-refractivity contribution < 1.29 is 29.7 Å². The molecule has 0 radical (unpaired) electrons. The van der Waals surface area contributed by atoms with Crippen LogP contribution in [0.3, 0.4) is 0 Å². The van der Waals surface area contributed by atoms with Crippen LogP contribution in [0.2, 0.25) is 0 Å². The average Bonchev–Trinajstić information content (AvgIpc) is 2.49. The summed E-state index contributed by atoms with van der Waals surface area (Å²) in [5.41, 5.74) is 0.472. The molecular formula is C18H18O6. The molecule has 0 amide bonds. The molecule has 2 rings (SSSR count). The first-order valence-corrected chi connectivity index (χ1v) is 7.43. The van der Waals surface area contributed by atoms with Gasteiger partial charge in [0.1, 0.15) is 11.5 Å². The van der Waals surface area contributed by atoms with Gasteiger partial charge in [-0.05, 0) is 38.5 Å². The first-order valence-electron chi connectivity index (χ1n) is 7.43. The number of carbonyl (C=O) groups is 3. The van der Waals surface area contributed by atoms with E-state index < -0.39 is 35.0 Å². The minimum atomic E-state index is -1.09. The van der Waals surface area contributed by atoms with Crippen molar-refractivity contribution in [2.45, 2.75) is 26.7 Å². The van der Waals surface area contributed by atoms with Gasteiger partial charge in [-0.15, -0.1) is 0 Å². The molecule has 1 aromatic carbocycles. The lowest BCUT2D eigenvalue weighted by Crippen LogP contribution is -2.24. The minimum Gasteiger partial charge on any atom is -0.507 e. The van der Waals surface area contributed by atoms with E-state index in [4.69, 9.17) is 5.11 Å². The highest BCUT2D eigenvalue weighted by molar-refractivity contribution is 6.26. The van der Waals surface area contributed by atoms with E-state index in [0.29, 0.717) is 0 Å². The molecule has 0 aromatic heterocycles. The lowest BCUT2D eigenvalue weighted by molar-refractivity contribution is -0.137. The number of aliphatic carboxylic acids is 1. The number of allylic oxidation sites excluding steroid dienone is 4. The Morgan fingerprint density at radius 2 is 1.71 bits per heavy atom. The summed E-state index contributed by atoms with van der Waals surface area (Å²) in [6.45, 7) is 3.69. The molecule has 1 aliphatic carbocycles. The zero-order valence-electron chi connectivity index (χ0n) is 13.4. The van der Waals surface area contributed by atoms with Crippen molar-refractivity contribution in [3.05, 3.63) is 46.6 Å².